The Morgan fingerprint density at radius 1 is 0.600 bits per heavy atom. The predicted molar refractivity (Wildman–Crippen MR) is 134 cm³/mol. The van der Waals surface area contributed by atoms with Gasteiger partial charge in [-0.1, -0.05) is 0 Å². The molecule has 0 amide bonds. The Labute approximate surface area is 224 Å². The smallest absolute Gasteiger partial charge is 0.363 e. The van der Waals surface area contributed by atoms with Gasteiger partial charge in [0.2, 0.25) is 0 Å². The molecule has 2 aliphatic rings. The van der Waals surface area contributed by atoms with Gasteiger partial charge in [-0.25, -0.2) is 0 Å². The summed E-state index contributed by atoms with van der Waals surface area (Å²) < 4.78 is 78.0. The molecule has 2 fully saturated rings. The second-order valence-electron chi connectivity index (χ2n) is 9.57. The third-order valence-electron chi connectivity index (χ3n) is 7.16. The van der Waals surface area contributed by atoms with Crippen molar-refractivity contribution < 1.29 is 36.2 Å². The number of nitro groups is 2. The number of rotatable bonds is 7. The molecule has 4 rings (SSSR count). The molecule has 2 aromatic rings. The summed E-state index contributed by atoms with van der Waals surface area (Å²) in [5.74, 6) is 0. The zero-order valence-corrected chi connectivity index (χ0v) is 21.1. The maximum Gasteiger partial charge on any atom is 0.416 e. The van der Waals surface area contributed by atoms with Gasteiger partial charge in [-0.15, -0.1) is 0 Å². The van der Waals surface area contributed by atoms with Crippen LogP contribution in [-0.2, 0) is 12.4 Å². The number of halogens is 6. The Bertz CT molecular complexity index is 1150. The van der Waals surface area contributed by atoms with Crippen LogP contribution in [0.15, 0.2) is 36.4 Å². The fourth-order valence-electron chi connectivity index (χ4n) is 4.93. The molecule has 2 saturated heterocycles. The average Bonchev–Trinajstić information content (AvgIpc) is 2.91. The molecule has 0 N–H and O–H groups in total. The lowest BCUT2D eigenvalue weighted by Crippen LogP contribution is -2.51. The number of hydrogen-bond donors (Lipinski definition) is 0. The van der Waals surface area contributed by atoms with E-state index in [-0.39, 0.29) is 11.4 Å². The maximum absolute atomic E-state index is 13.0. The minimum Gasteiger partial charge on any atom is -0.363 e. The van der Waals surface area contributed by atoms with Crippen molar-refractivity contribution in [3.05, 3.63) is 67.8 Å². The first-order chi connectivity index (χ1) is 18.7. The van der Waals surface area contributed by atoms with Gasteiger partial charge in [-0.2, -0.15) is 26.3 Å². The highest BCUT2D eigenvalue weighted by molar-refractivity contribution is 5.66. The lowest BCUT2D eigenvalue weighted by molar-refractivity contribution is -0.384. The molecule has 2 aliphatic heterocycles. The zero-order valence-electron chi connectivity index (χ0n) is 21.1. The molecule has 0 atom stereocenters. The highest BCUT2D eigenvalue weighted by atomic mass is 19.4. The van der Waals surface area contributed by atoms with E-state index in [1.54, 1.807) is 9.80 Å². The summed E-state index contributed by atoms with van der Waals surface area (Å²) in [4.78, 5) is 28.9. The molecule has 0 saturated carbocycles. The molecule has 16 heteroatoms. The normalized spacial score (nSPS) is 17.8. The van der Waals surface area contributed by atoms with Crippen LogP contribution in [-0.4, -0.2) is 85.1 Å². The number of nitro benzene ring substituents is 2. The van der Waals surface area contributed by atoms with Crippen molar-refractivity contribution in [1.82, 2.24) is 9.80 Å². The van der Waals surface area contributed by atoms with Crippen LogP contribution in [0.3, 0.4) is 0 Å². The van der Waals surface area contributed by atoms with E-state index in [9.17, 15) is 46.6 Å². The second-order valence-corrected chi connectivity index (χ2v) is 9.57. The van der Waals surface area contributed by atoms with Crippen molar-refractivity contribution in [2.75, 3.05) is 75.2 Å². The van der Waals surface area contributed by atoms with Crippen molar-refractivity contribution in [3.63, 3.8) is 0 Å². The lowest BCUT2D eigenvalue weighted by atomic mass is 10.1. The molecule has 40 heavy (non-hydrogen) atoms. The van der Waals surface area contributed by atoms with Crippen LogP contribution in [0.25, 0.3) is 0 Å². The predicted octanol–water partition coefficient (Wildman–Crippen LogP) is 4.48. The van der Waals surface area contributed by atoms with Gasteiger partial charge in [0.15, 0.2) is 0 Å². The van der Waals surface area contributed by atoms with Gasteiger partial charge in [0, 0.05) is 77.6 Å². The first-order valence-corrected chi connectivity index (χ1v) is 12.4. The molecule has 0 unspecified atom stereocenters. The molecular weight excluding hydrogens is 550 g/mol. The molecule has 218 valence electrons. The number of anilines is 2. The molecule has 2 heterocycles. The van der Waals surface area contributed by atoms with Gasteiger partial charge in [0.1, 0.15) is 11.4 Å². The third kappa shape index (κ3) is 6.72. The van der Waals surface area contributed by atoms with Crippen molar-refractivity contribution in [2.45, 2.75) is 12.4 Å². The SMILES string of the molecule is O=[N+]([O-])c1cc(C(F)(F)F)ccc1N1CCN(CCN2CCN(c3ccc(C(F)(F)F)cc3[N+](=O)[O-])CC2)CC1. The van der Waals surface area contributed by atoms with Crippen molar-refractivity contribution in [3.8, 4) is 0 Å². The van der Waals surface area contributed by atoms with E-state index >= 15 is 0 Å². The van der Waals surface area contributed by atoms with Crippen molar-refractivity contribution >= 4 is 22.7 Å². The summed E-state index contributed by atoms with van der Waals surface area (Å²) in [6, 6.07) is 5.07. The number of benzene rings is 2. The third-order valence-corrected chi connectivity index (χ3v) is 7.16. The minimum absolute atomic E-state index is 0.145. The first kappa shape index (κ1) is 29.3. The summed E-state index contributed by atoms with van der Waals surface area (Å²) in [5, 5.41) is 22.8. The molecule has 0 radical (unpaired) electrons. The largest absolute Gasteiger partial charge is 0.416 e. The highest BCUT2D eigenvalue weighted by Gasteiger charge is 2.35. The number of hydrogen-bond acceptors (Lipinski definition) is 8. The van der Waals surface area contributed by atoms with E-state index in [2.05, 4.69) is 9.80 Å². The fraction of sp³-hybridized carbons (Fsp3) is 0.500. The van der Waals surface area contributed by atoms with Crippen LogP contribution in [0, 0.1) is 20.2 Å². The van der Waals surface area contributed by atoms with Gasteiger partial charge >= 0.3 is 12.4 Å². The van der Waals surface area contributed by atoms with Crippen LogP contribution in [0.1, 0.15) is 11.1 Å². The van der Waals surface area contributed by atoms with E-state index in [1.165, 1.54) is 0 Å². The van der Waals surface area contributed by atoms with E-state index in [0.717, 1.165) is 24.3 Å². The van der Waals surface area contributed by atoms with Crippen LogP contribution >= 0.6 is 0 Å². The summed E-state index contributed by atoms with van der Waals surface area (Å²) >= 11 is 0. The van der Waals surface area contributed by atoms with Crippen molar-refractivity contribution in [1.29, 1.82) is 0 Å². The molecule has 0 bridgehead atoms. The average molecular weight is 576 g/mol. The van der Waals surface area contributed by atoms with Gasteiger partial charge < -0.3 is 9.80 Å². The standard InChI is InChI=1S/C24H26F6N6O4/c25-23(26,27)17-1-3-19(21(15-17)35(37)38)33-11-7-31(8-12-33)5-6-32-9-13-34(14-10-32)20-4-2-18(24(28,29)30)16-22(20)36(39)40/h1-4,15-16H,5-14H2. The zero-order chi connectivity index (χ0) is 29.2. The van der Waals surface area contributed by atoms with Crippen LogP contribution < -0.4 is 9.80 Å². The number of alkyl halides is 6. The molecule has 0 aliphatic carbocycles. The Morgan fingerprint density at radius 3 is 1.20 bits per heavy atom. The Morgan fingerprint density at radius 2 is 0.925 bits per heavy atom. The van der Waals surface area contributed by atoms with Gasteiger partial charge in [0.05, 0.1) is 21.0 Å². The molecular formula is C24H26F6N6O4. The van der Waals surface area contributed by atoms with Gasteiger partial charge in [0.25, 0.3) is 11.4 Å². The molecule has 2 aromatic carbocycles. The Balaban J connectivity index is 1.28. The van der Waals surface area contributed by atoms with Crippen LogP contribution in [0.5, 0.6) is 0 Å². The quantitative estimate of drug-likeness (QED) is 0.270. The van der Waals surface area contributed by atoms with E-state index < -0.39 is 44.7 Å². The molecule has 0 aromatic heterocycles. The van der Waals surface area contributed by atoms with Crippen molar-refractivity contribution in [2.24, 2.45) is 0 Å². The monoisotopic (exact) mass is 576 g/mol. The molecule has 10 nitrogen and oxygen atoms in total. The minimum atomic E-state index is -4.68. The summed E-state index contributed by atoms with van der Waals surface area (Å²) in [5.41, 5.74) is -3.04. The van der Waals surface area contributed by atoms with Crippen LogP contribution in [0.4, 0.5) is 49.1 Å². The summed E-state index contributed by atoms with van der Waals surface area (Å²) in [6.45, 7) is 5.15. The number of piperazine rings is 2. The lowest BCUT2D eigenvalue weighted by Gasteiger charge is -2.39. The Hall–Kier alpha value is -3.66. The first-order valence-electron chi connectivity index (χ1n) is 12.4. The fourth-order valence-corrected chi connectivity index (χ4v) is 4.93. The van der Waals surface area contributed by atoms with Gasteiger partial charge in [-0.3, -0.25) is 30.0 Å². The van der Waals surface area contributed by atoms with Gasteiger partial charge in [-0.05, 0) is 24.3 Å². The second kappa shape index (κ2) is 11.4. The highest BCUT2D eigenvalue weighted by Crippen LogP contribution is 2.38. The topological polar surface area (TPSA) is 99.2 Å². The maximum atomic E-state index is 13.0. The number of nitrogens with zero attached hydrogens (tertiary/aromatic N) is 6. The van der Waals surface area contributed by atoms with Crippen LogP contribution in [0.2, 0.25) is 0 Å². The van der Waals surface area contributed by atoms with E-state index in [4.69, 9.17) is 0 Å². The summed E-state index contributed by atoms with van der Waals surface area (Å²) in [7, 11) is 0. The summed E-state index contributed by atoms with van der Waals surface area (Å²) in [6.07, 6.45) is -9.36. The van der Waals surface area contributed by atoms with E-state index in [0.29, 0.717) is 77.6 Å². The Kier molecular flexibility index (Phi) is 8.39. The molecule has 0 spiro atoms. The van der Waals surface area contributed by atoms with E-state index in [1.807, 2.05) is 0 Å².